The third-order valence-corrected chi connectivity index (χ3v) is 2.34. The molecule has 0 aliphatic heterocycles. The lowest BCUT2D eigenvalue weighted by Crippen LogP contribution is -2.29. The normalized spacial score (nSPS) is 25.2. The maximum atomic E-state index is 11.2. The van der Waals surface area contributed by atoms with E-state index in [-0.39, 0.29) is 23.8 Å². The van der Waals surface area contributed by atoms with Crippen LogP contribution in [0.5, 0.6) is 0 Å². The third kappa shape index (κ3) is 2.20. The van der Waals surface area contributed by atoms with Crippen molar-refractivity contribution in [1.82, 2.24) is 4.90 Å². The van der Waals surface area contributed by atoms with Crippen molar-refractivity contribution >= 4 is 11.9 Å². The molecule has 1 amide bonds. The molecule has 13 heavy (non-hydrogen) atoms. The van der Waals surface area contributed by atoms with E-state index < -0.39 is 0 Å². The van der Waals surface area contributed by atoms with E-state index in [1.165, 1.54) is 6.92 Å². The highest BCUT2D eigenvalue weighted by Crippen LogP contribution is 2.35. The van der Waals surface area contributed by atoms with Crippen molar-refractivity contribution in [1.29, 1.82) is 0 Å². The predicted octanol–water partition coefficient (Wildman–Crippen LogP) is 0.416. The average molecular weight is 185 g/mol. The molecule has 1 fully saturated rings. The topological polar surface area (TPSA) is 46.6 Å². The highest BCUT2D eigenvalue weighted by Gasteiger charge is 2.47. The fourth-order valence-corrected chi connectivity index (χ4v) is 1.35. The van der Waals surface area contributed by atoms with Crippen LogP contribution in [-0.2, 0) is 14.3 Å². The van der Waals surface area contributed by atoms with Gasteiger partial charge in [-0.1, -0.05) is 0 Å². The van der Waals surface area contributed by atoms with Gasteiger partial charge in [-0.25, -0.2) is 0 Å². The van der Waals surface area contributed by atoms with Gasteiger partial charge in [0.05, 0.1) is 12.5 Å². The first-order valence-electron chi connectivity index (χ1n) is 4.48. The van der Waals surface area contributed by atoms with Gasteiger partial charge < -0.3 is 9.64 Å². The first kappa shape index (κ1) is 10.0. The van der Waals surface area contributed by atoms with Crippen molar-refractivity contribution in [2.45, 2.75) is 26.3 Å². The predicted molar refractivity (Wildman–Crippen MR) is 47.0 cm³/mol. The number of carbonyl (C=O) groups excluding carboxylic acids is 2. The summed E-state index contributed by atoms with van der Waals surface area (Å²) in [5.74, 6) is -0.272. The van der Waals surface area contributed by atoms with Crippen molar-refractivity contribution in [2.24, 2.45) is 5.92 Å². The Kier molecular flexibility index (Phi) is 2.90. The summed E-state index contributed by atoms with van der Waals surface area (Å²) in [5, 5.41) is 0. The fourth-order valence-electron chi connectivity index (χ4n) is 1.35. The van der Waals surface area contributed by atoms with E-state index in [1.54, 1.807) is 18.9 Å². The molecule has 4 heteroatoms. The minimum absolute atomic E-state index is 0.00296. The first-order chi connectivity index (χ1) is 6.07. The van der Waals surface area contributed by atoms with Crippen LogP contribution in [0.1, 0.15) is 20.3 Å². The standard InChI is InChI=1S/C9H15NO3/c1-4-13-9(12)7-5-8(7)10(3)6(2)11/h7-8H,4-5H2,1-3H3/t7-,8-/m0/s1. The van der Waals surface area contributed by atoms with Crippen molar-refractivity contribution in [3.63, 3.8) is 0 Å². The molecule has 1 rings (SSSR count). The van der Waals surface area contributed by atoms with Crippen LogP contribution in [0.3, 0.4) is 0 Å². The van der Waals surface area contributed by atoms with Gasteiger partial charge in [-0.2, -0.15) is 0 Å². The van der Waals surface area contributed by atoms with Gasteiger partial charge in [0.1, 0.15) is 0 Å². The van der Waals surface area contributed by atoms with E-state index in [2.05, 4.69) is 0 Å². The quantitative estimate of drug-likeness (QED) is 0.598. The highest BCUT2D eigenvalue weighted by atomic mass is 16.5. The third-order valence-electron chi connectivity index (χ3n) is 2.34. The molecular weight excluding hydrogens is 170 g/mol. The van der Waals surface area contributed by atoms with Crippen LogP contribution in [0.2, 0.25) is 0 Å². The van der Waals surface area contributed by atoms with E-state index in [0.717, 1.165) is 6.42 Å². The molecule has 0 aromatic rings. The summed E-state index contributed by atoms with van der Waals surface area (Å²) in [6.45, 7) is 3.69. The molecule has 0 saturated heterocycles. The Morgan fingerprint density at radius 1 is 1.54 bits per heavy atom. The van der Waals surface area contributed by atoms with E-state index in [1.807, 2.05) is 0 Å². The van der Waals surface area contributed by atoms with Gasteiger partial charge >= 0.3 is 5.97 Å². The molecule has 1 aliphatic carbocycles. The summed E-state index contributed by atoms with van der Waals surface area (Å²) < 4.78 is 4.85. The van der Waals surface area contributed by atoms with Crippen molar-refractivity contribution < 1.29 is 14.3 Å². The lowest BCUT2D eigenvalue weighted by atomic mass is 10.4. The Morgan fingerprint density at radius 3 is 2.62 bits per heavy atom. The zero-order chi connectivity index (χ0) is 10.0. The summed E-state index contributed by atoms with van der Waals surface area (Å²) in [4.78, 5) is 23.7. The second kappa shape index (κ2) is 3.77. The van der Waals surface area contributed by atoms with Gasteiger partial charge in [-0.05, 0) is 13.3 Å². The van der Waals surface area contributed by atoms with E-state index >= 15 is 0 Å². The molecule has 0 heterocycles. The second-order valence-corrected chi connectivity index (χ2v) is 3.29. The lowest BCUT2D eigenvalue weighted by Gasteiger charge is -2.13. The molecule has 4 nitrogen and oxygen atoms in total. The zero-order valence-corrected chi connectivity index (χ0v) is 8.24. The Balaban J connectivity index is 2.37. The number of rotatable bonds is 3. The molecule has 0 aromatic heterocycles. The van der Waals surface area contributed by atoms with Gasteiger partial charge in [-0.3, -0.25) is 9.59 Å². The van der Waals surface area contributed by atoms with Crippen LogP contribution in [-0.4, -0.2) is 36.5 Å². The smallest absolute Gasteiger partial charge is 0.311 e. The largest absolute Gasteiger partial charge is 0.466 e. The van der Waals surface area contributed by atoms with Gasteiger partial charge in [0.25, 0.3) is 0 Å². The minimum Gasteiger partial charge on any atom is -0.466 e. The lowest BCUT2D eigenvalue weighted by molar-refractivity contribution is -0.145. The monoisotopic (exact) mass is 185 g/mol. The van der Waals surface area contributed by atoms with Crippen molar-refractivity contribution in [3.05, 3.63) is 0 Å². The average Bonchev–Trinajstić information content (AvgIpc) is 2.82. The Morgan fingerprint density at radius 2 is 2.15 bits per heavy atom. The first-order valence-corrected chi connectivity index (χ1v) is 4.48. The molecule has 0 aromatic carbocycles. The molecule has 2 atom stereocenters. The SMILES string of the molecule is CCOC(=O)[C@H]1C[C@@H]1N(C)C(C)=O. The Labute approximate surface area is 77.8 Å². The summed E-state index contributed by atoms with van der Waals surface area (Å²) in [6, 6.07) is 0.0662. The molecule has 0 unspecified atom stereocenters. The van der Waals surface area contributed by atoms with Gasteiger partial charge in [-0.15, -0.1) is 0 Å². The molecule has 0 spiro atoms. The number of esters is 1. The summed E-state index contributed by atoms with van der Waals surface area (Å²) >= 11 is 0. The summed E-state index contributed by atoms with van der Waals surface area (Å²) in [7, 11) is 1.71. The molecule has 0 bridgehead atoms. The molecule has 74 valence electrons. The van der Waals surface area contributed by atoms with Crippen molar-refractivity contribution in [3.8, 4) is 0 Å². The molecule has 0 N–H and O–H groups in total. The summed E-state index contributed by atoms with van der Waals surface area (Å²) in [5.41, 5.74) is 0. The zero-order valence-electron chi connectivity index (χ0n) is 8.24. The van der Waals surface area contributed by atoms with Gasteiger partial charge in [0, 0.05) is 20.0 Å². The highest BCUT2D eigenvalue weighted by molar-refractivity contribution is 5.80. The van der Waals surface area contributed by atoms with Crippen LogP contribution in [0, 0.1) is 5.92 Å². The van der Waals surface area contributed by atoms with Crippen LogP contribution in [0.4, 0.5) is 0 Å². The van der Waals surface area contributed by atoms with E-state index in [0.29, 0.717) is 6.61 Å². The number of nitrogens with zero attached hydrogens (tertiary/aromatic N) is 1. The Hall–Kier alpha value is -1.06. The minimum atomic E-state index is -0.180. The summed E-state index contributed by atoms with van der Waals surface area (Å²) in [6.07, 6.45) is 0.745. The number of amides is 1. The Bertz CT molecular complexity index is 227. The molecule has 0 radical (unpaired) electrons. The number of hydrogen-bond donors (Lipinski definition) is 0. The maximum Gasteiger partial charge on any atom is 0.311 e. The second-order valence-electron chi connectivity index (χ2n) is 3.29. The molecule has 1 saturated carbocycles. The van der Waals surface area contributed by atoms with Gasteiger partial charge in [0.2, 0.25) is 5.91 Å². The van der Waals surface area contributed by atoms with Crippen LogP contribution >= 0.6 is 0 Å². The van der Waals surface area contributed by atoms with E-state index in [4.69, 9.17) is 4.74 Å². The van der Waals surface area contributed by atoms with Crippen LogP contribution in [0.15, 0.2) is 0 Å². The van der Waals surface area contributed by atoms with Gasteiger partial charge in [0.15, 0.2) is 0 Å². The molecule has 1 aliphatic rings. The van der Waals surface area contributed by atoms with Crippen LogP contribution < -0.4 is 0 Å². The molecular formula is C9H15NO3. The fraction of sp³-hybridized carbons (Fsp3) is 0.778. The van der Waals surface area contributed by atoms with Crippen molar-refractivity contribution in [2.75, 3.05) is 13.7 Å². The maximum absolute atomic E-state index is 11.2. The van der Waals surface area contributed by atoms with Crippen LogP contribution in [0.25, 0.3) is 0 Å². The number of carbonyl (C=O) groups is 2. The van der Waals surface area contributed by atoms with E-state index in [9.17, 15) is 9.59 Å². The number of hydrogen-bond acceptors (Lipinski definition) is 3. The number of ether oxygens (including phenoxy) is 1.